The number of carbonyl (C=O) groups excluding carboxylic acids is 6. The number of amidine groups is 1. The number of hydroxylamine groups is 2. The van der Waals surface area contributed by atoms with Gasteiger partial charge in [-0.1, -0.05) is 22.9 Å². The molecule has 2 atom stereocenters. The van der Waals surface area contributed by atoms with Gasteiger partial charge in [0.25, 0.3) is 11.8 Å². The Labute approximate surface area is 398 Å². The number of halogens is 1. The van der Waals surface area contributed by atoms with Crippen molar-refractivity contribution in [2.24, 2.45) is 21.9 Å². The van der Waals surface area contributed by atoms with Crippen LogP contribution in [0.15, 0.2) is 77.2 Å². The summed E-state index contributed by atoms with van der Waals surface area (Å²) < 4.78 is 37.3. The number of piperazine rings is 1. The molecule has 0 spiro atoms. The second kappa shape index (κ2) is 23.6. The van der Waals surface area contributed by atoms with Gasteiger partial charge in [0, 0.05) is 109 Å². The fourth-order valence-corrected chi connectivity index (χ4v) is 9.35. The van der Waals surface area contributed by atoms with Gasteiger partial charge in [-0.05, 0) is 103 Å². The number of anilines is 1. The molecular formula is C46H55FN10O8S2. The summed E-state index contributed by atoms with van der Waals surface area (Å²) in [6.07, 6.45) is 3.73. The molecule has 4 N–H and O–H groups in total. The van der Waals surface area contributed by atoms with Crippen molar-refractivity contribution in [2.45, 2.75) is 76.7 Å². The Morgan fingerprint density at radius 3 is 2.40 bits per heavy atom. The largest absolute Gasteiger partial charge is 0.494 e. The Morgan fingerprint density at radius 2 is 1.70 bits per heavy atom. The van der Waals surface area contributed by atoms with Crippen LogP contribution >= 0.6 is 21.6 Å². The quantitative estimate of drug-likeness (QED) is 0.0380. The standard InChI is InChI=1S/C46H55FN10O8S2/c1-30(31-7-10-36(11-8-31)64-24-3-5-43(61)65-57-41(59)12-13-42(57)60)52-53-45(48)67-66-25-16-40(58)55-22-20-54(21-23-55)35-14-18-56(19-15-35)46(63)50-29-33-6-9-34(26-39(33)47)51-44(62)38-27-37(38)32-4-2-17-49-28-32/h2,4,6-11,17,26,28,35,37-38H,3,5,12-16,18-25,27,29H2,1H3,(H2,48,53)(H,50,63)(H,51,62)/b52-30+/i27D2. The van der Waals surface area contributed by atoms with E-state index in [1.807, 2.05) is 17.0 Å². The molecule has 6 amide bonds. The molecule has 1 aliphatic carbocycles. The number of hydrogen-bond donors (Lipinski definition) is 3. The Kier molecular flexibility index (Phi) is 16.2. The molecule has 7 rings (SSSR count). The summed E-state index contributed by atoms with van der Waals surface area (Å²) in [5, 5.41) is 14.6. The number of hydrogen-bond acceptors (Lipinski definition) is 14. The SMILES string of the molecule is [2H]C1([2H])C(C(=O)Nc2ccc(CNC(=O)N3CCC(N4CCN(C(=O)CCSS/C(N)=N/N=C(\C)c5ccc(OCCCC(=O)ON6C(=O)CCC6=O)cc5)CC4)CC3)c(F)c2)C1c1cccnc1. The van der Waals surface area contributed by atoms with Crippen LogP contribution < -0.4 is 21.1 Å². The number of amides is 6. The van der Waals surface area contributed by atoms with E-state index in [0.717, 1.165) is 31.5 Å². The number of benzene rings is 2. The fourth-order valence-electron chi connectivity index (χ4n) is 7.85. The van der Waals surface area contributed by atoms with Crippen molar-refractivity contribution >= 4 is 73.8 Å². The molecule has 4 heterocycles. The van der Waals surface area contributed by atoms with Gasteiger partial charge in [0.1, 0.15) is 11.6 Å². The lowest BCUT2D eigenvalue weighted by molar-refractivity contribution is -0.197. The van der Waals surface area contributed by atoms with Gasteiger partial charge in [-0.25, -0.2) is 14.0 Å². The molecule has 3 saturated heterocycles. The van der Waals surface area contributed by atoms with Crippen LogP contribution in [0.5, 0.6) is 5.75 Å². The van der Waals surface area contributed by atoms with Crippen molar-refractivity contribution in [3.63, 3.8) is 0 Å². The number of nitrogens with two attached hydrogens (primary N) is 1. The van der Waals surface area contributed by atoms with E-state index in [4.69, 9.17) is 18.0 Å². The highest BCUT2D eigenvalue weighted by Gasteiger charge is 2.44. The summed E-state index contributed by atoms with van der Waals surface area (Å²) in [6.45, 7) is 5.85. The zero-order valence-corrected chi connectivity index (χ0v) is 38.7. The zero-order valence-electron chi connectivity index (χ0n) is 39.1. The Balaban J connectivity index is 0.728. The maximum absolute atomic E-state index is 15.1. The van der Waals surface area contributed by atoms with Crippen LogP contribution in [0.25, 0.3) is 0 Å². The van der Waals surface area contributed by atoms with Crippen molar-refractivity contribution < 1.29 is 45.5 Å². The minimum absolute atomic E-state index is 0.0131. The monoisotopic (exact) mass is 960 g/mol. The van der Waals surface area contributed by atoms with Gasteiger partial charge < -0.3 is 35.7 Å². The van der Waals surface area contributed by atoms with Crippen LogP contribution in [0, 0.1) is 11.7 Å². The van der Waals surface area contributed by atoms with Crippen molar-refractivity contribution in [1.29, 1.82) is 0 Å². The number of carbonyl (C=O) groups is 6. The molecule has 2 aromatic carbocycles. The Bertz CT molecular complexity index is 2410. The maximum atomic E-state index is 15.1. The minimum atomic E-state index is -1.73. The Hall–Kier alpha value is -6.06. The summed E-state index contributed by atoms with van der Waals surface area (Å²) in [5.41, 5.74) is 8.61. The van der Waals surface area contributed by atoms with E-state index in [2.05, 4.69) is 30.7 Å². The predicted octanol–water partition coefficient (Wildman–Crippen LogP) is 5.06. The number of imide groups is 1. The van der Waals surface area contributed by atoms with Crippen molar-refractivity contribution in [3.8, 4) is 5.75 Å². The van der Waals surface area contributed by atoms with Crippen LogP contribution in [0.4, 0.5) is 14.9 Å². The first-order valence-corrected chi connectivity index (χ1v) is 24.5. The van der Waals surface area contributed by atoms with Crippen molar-refractivity contribution in [1.82, 2.24) is 30.1 Å². The van der Waals surface area contributed by atoms with E-state index in [0.29, 0.717) is 66.9 Å². The molecule has 2 unspecified atom stereocenters. The van der Waals surface area contributed by atoms with Crippen LogP contribution in [-0.4, -0.2) is 129 Å². The average Bonchev–Trinajstić information content (AvgIpc) is 3.82. The van der Waals surface area contributed by atoms with Crippen LogP contribution in [0.1, 0.15) is 83.6 Å². The van der Waals surface area contributed by atoms with E-state index in [1.54, 1.807) is 48.5 Å². The van der Waals surface area contributed by atoms with Gasteiger partial charge in [-0.15, -0.1) is 10.2 Å². The lowest BCUT2D eigenvalue weighted by Crippen LogP contribution is -2.55. The molecule has 18 nitrogen and oxygen atoms in total. The number of pyridine rings is 1. The van der Waals surface area contributed by atoms with E-state index < -0.39 is 47.7 Å². The fraction of sp³-hybridized carbons (Fsp3) is 0.457. The number of piperidine rings is 1. The van der Waals surface area contributed by atoms with E-state index >= 15 is 4.39 Å². The third-order valence-corrected chi connectivity index (χ3v) is 13.8. The molecule has 3 aromatic rings. The second-order valence-corrected chi connectivity index (χ2v) is 18.7. The van der Waals surface area contributed by atoms with Crippen molar-refractivity contribution in [2.75, 3.05) is 56.9 Å². The van der Waals surface area contributed by atoms with E-state index in [-0.39, 0.29) is 66.8 Å². The maximum Gasteiger partial charge on any atom is 0.333 e. The van der Waals surface area contributed by atoms with Gasteiger partial charge in [-0.3, -0.25) is 29.1 Å². The molecule has 356 valence electrons. The molecule has 1 saturated carbocycles. The first-order chi connectivity index (χ1) is 33.2. The number of rotatable bonds is 18. The van der Waals surface area contributed by atoms with Gasteiger partial charge in [0.2, 0.25) is 11.8 Å². The summed E-state index contributed by atoms with van der Waals surface area (Å²) >= 11 is 0. The summed E-state index contributed by atoms with van der Waals surface area (Å²) in [5.74, 6) is -3.17. The minimum Gasteiger partial charge on any atom is -0.494 e. The molecule has 1 aromatic heterocycles. The van der Waals surface area contributed by atoms with E-state index in [9.17, 15) is 28.8 Å². The number of likely N-dealkylation sites (tertiary alicyclic amines) is 1. The van der Waals surface area contributed by atoms with Crippen molar-refractivity contribution in [3.05, 3.63) is 89.5 Å². The summed E-state index contributed by atoms with van der Waals surface area (Å²) in [7, 11) is 2.68. The third-order valence-electron chi connectivity index (χ3n) is 11.7. The summed E-state index contributed by atoms with van der Waals surface area (Å²) in [4.78, 5) is 88.9. The van der Waals surface area contributed by atoms with Gasteiger partial charge in [-0.2, -0.15) is 5.10 Å². The number of urea groups is 1. The topological polar surface area (TPSA) is 222 Å². The number of nitrogens with one attached hydrogen (secondary N) is 2. The Morgan fingerprint density at radius 1 is 0.955 bits per heavy atom. The molecule has 4 fully saturated rings. The molecule has 4 aliphatic rings. The summed E-state index contributed by atoms with van der Waals surface area (Å²) in [6, 6.07) is 14.8. The lowest BCUT2D eigenvalue weighted by Gasteiger charge is -2.42. The van der Waals surface area contributed by atoms with Gasteiger partial charge in [0.15, 0.2) is 5.17 Å². The molecule has 3 aliphatic heterocycles. The number of nitrogens with zero attached hydrogens (tertiary/aromatic N) is 7. The molecule has 21 heteroatoms. The van der Waals surface area contributed by atoms with Gasteiger partial charge in [0.05, 0.1) is 18.7 Å². The first-order valence-electron chi connectivity index (χ1n) is 23.2. The smallest absolute Gasteiger partial charge is 0.333 e. The second-order valence-electron chi connectivity index (χ2n) is 16.3. The predicted molar refractivity (Wildman–Crippen MR) is 252 cm³/mol. The van der Waals surface area contributed by atoms with Crippen LogP contribution in [-0.2, 0) is 35.4 Å². The van der Waals surface area contributed by atoms with Gasteiger partial charge >= 0.3 is 12.0 Å². The molecular weight excluding hydrogens is 904 g/mol. The molecule has 0 radical (unpaired) electrons. The zero-order chi connectivity index (χ0) is 49.1. The highest BCUT2D eigenvalue weighted by atomic mass is 33.1. The van der Waals surface area contributed by atoms with Crippen LogP contribution in [0.2, 0.25) is 0 Å². The first kappa shape index (κ1) is 46.1. The normalized spacial score (nSPS) is 20.5. The molecule has 0 bridgehead atoms. The molecule has 67 heavy (non-hydrogen) atoms. The van der Waals surface area contributed by atoms with E-state index in [1.165, 1.54) is 39.8 Å². The highest BCUT2D eigenvalue weighted by molar-refractivity contribution is 8.82. The third kappa shape index (κ3) is 14.0. The lowest BCUT2D eigenvalue weighted by atomic mass is 10.0. The number of aromatic nitrogens is 1. The number of ether oxygens (including phenoxy) is 1. The average molecular weight is 961 g/mol. The van der Waals surface area contributed by atoms with Crippen LogP contribution in [0.3, 0.4) is 0 Å². The highest BCUT2D eigenvalue weighted by Crippen LogP contribution is 2.47.